The van der Waals surface area contributed by atoms with Crippen molar-refractivity contribution in [3.8, 4) is 11.4 Å². The maximum atomic E-state index is 13.6. The Morgan fingerprint density at radius 1 is 1.04 bits per heavy atom. The second kappa shape index (κ2) is 7.44. The number of hydrogen-bond acceptors (Lipinski definition) is 3. The van der Waals surface area contributed by atoms with Crippen molar-refractivity contribution in [2.24, 2.45) is 0 Å². The highest BCUT2D eigenvalue weighted by molar-refractivity contribution is 5.43. The SMILES string of the molecule is Cc1cc(C)n(-c2ccc(CNCc3cccc(O)c3)c(C(F)(F)F)c2)n1. The van der Waals surface area contributed by atoms with Gasteiger partial charge in [0.1, 0.15) is 5.75 Å². The molecule has 142 valence electrons. The molecule has 7 heteroatoms. The molecule has 1 aromatic heterocycles. The van der Waals surface area contributed by atoms with Gasteiger partial charge in [-0.1, -0.05) is 18.2 Å². The highest BCUT2D eigenvalue weighted by Crippen LogP contribution is 2.33. The maximum Gasteiger partial charge on any atom is 0.416 e. The largest absolute Gasteiger partial charge is 0.508 e. The number of aromatic nitrogens is 2. The third-order valence-corrected chi connectivity index (χ3v) is 4.21. The molecule has 3 aromatic rings. The highest BCUT2D eigenvalue weighted by atomic mass is 19.4. The van der Waals surface area contributed by atoms with Crippen LogP contribution in [-0.4, -0.2) is 14.9 Å². The topological polar surface area (TPSA) is 50.1 Å². The van der Waals surface area contributed by atoms with Crippen LogP contribution in [0.25, 0.3) is 5.69 Å². The summed E-state index contributed by atoms with van der Waals surface area (Å²) in [6.07, 6.45) is -4.46. The number of hydrogen-bond donors (Lipinski definition) is 2. The van der Waals surface area contributed by atoms with Crippen molar-refractivity contribution in [1.29, 1.82) is 0 Å². The third kappa shape index (κ3) is 4.49. The van der Waals surface area contributed by atoms with Crippen molar-refractivity contribution in [1.82, 2.24) is 15.1 Å². The zero-order valence-corrected chi connectivity index (χ0v) is 15.0. The minimum absolute atomic E-state index is 0.0574. The summed E-state index contributed by atoms with van der Waals surface area (Å²) in [5, 5.41) is 16.7. The van der Waals surface area contributed by atoms with E-state index >= 15 is 0 Å². The van der Waals surface area contributed by atoms with Crippen LogP contribution in [0.2, 0.25) is 0 Å². The number of halogens is 3. The molecule has 2 aromatic carbocycles. The molecule has 0 fully saturated rings. The molecular weight excluding hydrogens is 355 g/mol. The van der Waals surface area contributed by atoms with Crippen LogP contribution in [0.5, 0.6) is 5.75 Å². The summed E-state index contributed by atoms with van der Waals surface area (Å²) in [5.74, 6) is 0.125. The standard InChI is InChI=1S/C20H20F3N3O/c1-13-8-14(2)26(25-13)17-7-6-16(19(10-17)20(21,22)23)12-24-11-15-4-3-5-18(27)9-15/h3-10,24,27H,11-12H2,1-2H3. The number of aromatic hydroxyl groups is 1. The Kier molecular flexibility index (Phi) is 5.23. The lowest BCUT2D eigenvalue weighted by Gasteiger charge is -2.16. The van der Waals surface area contributed by atoms with E-state index in [1.165, 1.54) is 10.7 Å². The normalized spacial score (nSPS) is 11.7. The first-order valence-electron chi connectivity index (χ1n) is 8.46. The van der Waals surface area contributed by atoms with Crippen molar-refractivity contribution in [2.75, 3.05) is 0 Å². The van der Waals surface area contributed by atoms with E-state index in [4.69, 9.17) is 0 Å². The first kappa shape index (κ1) is 19.0. The van der Waals surface area contributed by atoms with Crippen LogP contribution in [0.4, 0.5) is 13.2 Å². The summed E-state index contributed by atoms with van der Waals surface area (Å²) in [4.78, 5) is 0. The van der Waals surface area contributed by atoms with E-state index in [2.05, 4.69) is 10.4 Å². The average Bonchev–Trinajstić information content (AvgIpc) is 2.92. The van der Waals surface area contributed by atoms with Crippen LogP contribution < -0.4 is 5.32 Å². The summed E-state index contributed by atoms with van der Waals surface area (Å²) in [5.41, 5.74) is 2.17. The minimum Gasteiger partial charge on any atom is -0.508 e. The lowest BCUT2D eigenvalue weighted by Crippen LogP contribution is -2.18. The van der Waals surface area contributed by atoms with E-state index in [-0.39, 0.29) is 17.9 Å². The number of aryl methyl sites for hydroxylation is 2. The van der Waals surface area contributed by atoms with Gasteiger partial charge in [-0.3, -0.25) is 0 Å². The van der Waals surface area contributed by atoms with Crippen LogP contribution in [-0.2, 0) is 19.3 Å². The van der Waals surface area contributed by atoms with Gasteiger partial charge in [-0.2, -0.15) is 18.3 Å². The number of nitrogens with one attached hydrogen (secondary N) is 1. The van der Waals surface area contributed by atoms with Gasteiger partial charge in [0.05, 0.1) is 16.9 Å². The van der Waals surface area contributed by atoms with Crippen molar-refractivity contribution < 1.29 is 18.3 Å². The van der Waals surface area contributed by atoms with Gasteiger partial charge < -0.3 is 10.4 Å². The van der Waals surface area contributed by atoms with E-state index in [0.29, 0.717) is 12.2 Å². The molecule has 0 unspecified atom stereocenters. The van der Waals surface area contributed by atoms with Gasteiger partial charge in [0, 0.05) is 18.8 Å². The van der Waals surface area contributed by atoms with Gasteiger partial charge in [-0.25, -0.2) is 4.68 Å². The number of benzene rings is 2. The van der Waals surface area contributed by atoms with E-state index in [0.717, 1.165) is 23.0 Å². The summed E-state index contributed by atoms with van der Waals surface area (Å²) >= 11 is 0. The molecule has 3 rings (SSSR count). The predicted octanol–water partition coefficient (Wildman–Crippen LogP) is 4.50. The summed E-state index contributed by atoms with van der Waals surface area (Å²) in [6, 6.07) is 12.7. The molecule has 0 bridgehead atoms. The summed E-state index contributed by atoms with van der Waals surface area (Å²) in [6.45, 7) is 4.01. The van der Waals surface area contributed by atoms with E-state index < -0.39 is 11.7 Å². The summed E-state index contributed by atoms with van der Waals surface area (Å²) in [7, 11) is 0. The molecule has 0 aliphatic carbocycles. The molecule has 27 heavy (non-hydrogen) atoms. The van der Waals surface area contributed by atoms with Gasteiger partial charge in [0.15, 0.2) is 0 Å². The van der Waals surface area contributed by atoms with E-state index in [9.17, 15) is 18.3 Å². The fourth-order valence-corrected chi connectivity index (χ4v) is 3.01. The number of alkyl halides is 3. The second-order valence-electron chi connectivity index (χ2n) is 6.45. The number of phenolic OH excluding ortho intramolecular Hbond substituents is 1. The Balaban J connectivity index is 1.83. The van der Waals surface area contributed by atoms with E-state index in [1.807, 2.05) is 6.07 Å². The van der Waals surface area contributed by atoms with Crippen molar-refractivity contribution in [3.05, 3.63) is 76.6 Å². The lowest BCUT2D eigenvalue weighted by atomic mass is 10.1. The van der Waals surface area contributed by atoms with Crippen molar-refractivity contribution >= 4 is 0 Å². The van der Waals surface area contributed by atoms with Crippen molar-refractivity contribution in [3.63, 3.8) is 0 Å². The van der Waals surface area contributed by atoms with Gasteiger partial charge in [0.25, 0.3) is 0 Å². The quantitative estimate of drug-likeness (QED) is 0.690. The van der Waals surface area contributed by atoms with Crippen LogP contribution in [0, 0.1) is 13.8 Å². The molecule has 0 spiro atoms. The zero-order chi connectivity index (χ0) is 19.6. The fraction of sp³-hybridized carbons (Fsp3) is 0.250. The van der Waals surface area contributed by atoms with Crippen molar-refractivity contribution in [2.45, 2.75) is 33.1 Å². The Labute approximate surface area is 155 Å². The Bertz CT molecular complexity index is 948. The Morgan fingerprint density at radius 3 is 2.44 bits per heavy atom. The summed E-state index contributed by atoms with van der Waals surface area (Å²) < 4.78 is 42.2. The van der Waals surface area contributed by atoms with Crippen LogP contribution in [0.3, 0.4) is 0 Å². The maximum absolute atomic E-state index is 13.6. The molecule has 0 saturated heterocycles. The molecule has 0 saturated carbocycles. The van der Waals surface area contributed by atoms with Gasteiger partial charge in [-0.05, 0) is 55.3 Å². The number of nitrogens with zero attached hydrogens (tertiary/aromatic N) is 2. The lowest BCUT2D eigenvalue weighted by molar-refractivity contribution is -0.138. The smallest absolute Gasteiger partial charge is 0.416 e. The number of rotatable bonds is 5. The molecular formula is C20H20F3N3O. The molecule has 0 radical (unpaired) electrons. The van der Waals surface area contributed by atoms with Gasteiger partial charge in [-0.15, -0.1) is 0 Å². The third-order valence-electron chi connectivity index (χ3n) is 4.21. The fourth-order valence-electron chi connectivity index (χ4n) is 3.01. The molecule has 4 nitrogen and oxygen atoms in total. The highest BCUT2D eigenvalue weighted by Gasteiger charge is 2.33. The van der Waals surface area contributed by atoms with Crippen LogP contribution in [0.15, 0.2) is 48.5 Å². The Morgan fingerprint density at radius 2 is 1.81 bits per heavy atom. The molecule has 2 N–H and O–H groups in total. The second-order valence-corrected chi connectivity index (χ2v) is 6.45. The van der Waals surface area contributed by atoms with E-state index in [1.54, 1.807) is 44.2 Å². The molecule has 0 aliphatic rings. The number of phenols is 1. The minimum atomic E-state index is -4.46. The molecule has 0 aliphatic heterocycles. The first-order chi connectivity index (χ1) is 12.7. The van der Waals surface area contributed by atoms with Crippen LogP contribution >= 0.6 is 0 Å². The first-order valence-corrected chi connectivity index (χ1v) is 8.46. The van der Waals surface area contributed by atoms with Crippen LogP contribution in [0.1, 0.15) is 28.1 Å². The van der Waals surface area contributed by atoms with Gasteiger partial charge in [0.2, 0.25) is 0 Å². The molecule has 1 heterocycles. The average molecular weight is 375 g/mol. The zero-order valence-electron chi connectivity index (χ0n) is 15.0. The molecule has 0 atom stereocenters. The van der Waals surface area contributed by atoms with Gasteiger partial charge >= 0.3 is 6.18 Å². The monoisotopic (exact) mass is 375 g/mol. The molecule has 0 amide bonds. The predicted molar refractivity (Wildman–Crippen MR) is 96.7 cm³/mol. The Hall–Kier alpha value is -2.80.